The fraction of sp³-hybridized carbons (Fsp3) is 0.562. The van der Waals surface area contributed by atoms with E-state index in [9.17, 15) is 4.39 Å². The number of nitrogens with one attached hydrogen (secondary N) is 2. The third-order valence-corrected chi connectivity index (χ3v) is 3.60. The largest absolute Gasteiger partial charge is 0.357 e. The summed E-state index contributed by atoms with van der Waals surface area (Å²) < 4.78 is 13.4. The van der Waals surface area contributed by atoms with Gasteiger partial charge in [0.15, 0.2) is 5.96 Å². The summed E-state index contributed by atoms with van der Waals surface area (Å²) in [6, 6.07) is 7.27. The van der Waals surface area contributed by atoms with Gasteiger partial charge >= 0.3 is 0 Å². The number of rotatable bonds is 5. The SMILES string of the molecule is CCNC(=NCC1(c2cccc(F)c2)CC1)NC(C)C. The molecule has 1 aromatic rings. The molecule has 1 aliphatic carbocycles. The van der Waals surface area contributed by atoms with Crippen molar-refractivity contribution in [2.45, 2.75) is 45.1 Å². The van der Waals surface area contributed by atoms with E-state index in [0.29, 0.717) is 12.6 Å². The van der Waals surface area contributed by atoms with E-state index < -0.39 is 0 Å². The molecule has 1 aliphatic rings. The van der Waals surface area contributed by atoms with Crippen molar-refractivity contribution in [1.29, 1.82) is 0 Å². The summed E-state index contributed by atoms with van der Waals surface area (Å²) in [5.41, 5.74) is 1.11. The van der Waals surface area contributed by atoms with Crippen molar-refractivity contribution in [3.05, 3.63) is 35.6 Å². The maximum absolute atomic E-state index is 13.4. The van der Waals surface area contributed by atoms with Gasteiger partial charge < -0.3 is 10.6 Å². The van der Waals surface area contributed by atoms with E-state index in [4.69, 9.17) is 0 Å². The van der Waals surface area contributed by atoms with Crippen molar-refractivity contribution in [1.82, 2.24) is 10.6 Å². The Kier molecular flexibility index (Phi) is 4.63. The topological polar surface area (TPSA) is 36.4 Å². The molecule has 2 N–H and O–H groups in total. The van der Waals surface area contributed by atoms with E-state index in [-0.39, 0.29) is 11.2 Å². The molecule has 1 aromatic carbocycles. The third-order valence-electron chi connectivity index (χ3n) is 3.60. The molecule has 0 radical (unpaired) electrons. The van der Waals surface area contributed by atoms with Crippen LogP contribution in [-0.4, -0.2) is 25.1 Å². The Hall–Kier alpha value is -1.58. The zero-order valence-electron chi connectivity index (χ0n) is 12.5. The lowest BCUT2D eigenvalue weighted by Crippen LogP contribution is -2.41. The first-order valence-electron chi connectivity index (χ1n) is 7.36. The average molecular weight is 277 g/mol. The Balaban J connectivity index is 2.07. The first kappa shape index (κ1) is 14.8. The van der Waals surface area contributed by atoms with Crippen molar-refractivity contribution in [3.63, 3.8) is 0 Å². The standard InChI is InChI=1S/C16H24FN3/c1-4-18-15(20-12(2)3)19-11-16(8-9-16)13-6-5-7-14(17)10-13/h5-7,10,12H,4,8-9,11H2,1-3H3,(H2,18,19,20). The van der Waals surface area contributed by atoms with Gasteiger partial charge in [-0.15, -0.1) is 0 Å². The number of guanidine groups is 1. The minimum absolute atomic E-state index is 0.0431. The van der Waals surface area contributed by atoms with Crippen LogP contribution in [0.4, 0.5) is 4.39 Å². The number of aliphatic imine (C=N–C) groups is 1. The zero-order chi connectivity index (χ0) is 14.6. The highest BCUT2D eigenvalue weighted by atomic mass is 19.1. The highest BCUT2D eigenvalue weighted by Crippen LogP contribution is 2.48. The molecule has 0 unspecified atom stereocenters. The molecule has 0 heterocycles. The van der Waals surface area contributed by atoms with Crippen molar-refractivity contribution in [2.75, 3.05) is 13.1 Å². The van der Waals surface area contributed by atoms with Crippen LogP contribution in [0.1, 0.15) is 39.2 Å². The molecule has 0 spiro atoms. The second-order valence-corrected chi connectivity index (χ2v) is 5.78. The lowest BCUT2D eigenvalue weighted by atomic mass is 9.96. The molecule has 0 aliphatic heterocycles. The summed E-state index contributed by atoms with van der Waals surface area (Å²) in [5.74, 6) is 0.676. The van der Waals surface area contributed by atoms with Crippen LogP contribution in [0.25, 0.3) is 0 Å². The van der Waals surface area contributed by atoms with Crippen molar-refractivity contribution in [3.8, 4) is 0 Å². The quantitative estimate of drug-likeness (QED) is 0.641. The van der Waals surface area contributed by atoms with Gasteiger partial charge in [0.05, 0.1) is 6.54 Å². The summed E-state index contributed by atoms with van der Waals surface area (Å²) in [7, 11) is 0. The molecular formula is C16H24FN3. The molecule has 20 heavy (non-hydrogen) atoms. The Bertz CT molecular complexity index is 478. The summed E-state index contributed by atoms with van der Waals surface area (Å²) in [6.45, 7) is 7.78. The van der Waals surface area contributed by atoms with Crippen LogP contribution in [0.2, 0.25) is 0 Å². The van der Waals surface area contributed by atoms with E-state index >= 15 is 0 Å². The number of benzene rings is 1. The average Bonchev–Trinajstić information content (AvgIpc) is 3.17. The first-order valence-corrected chi connectivity index (χ1v) is 7.36. The van der Waals surface area contributed by atoms with Gasteiger partial charge in [0, 0.05) is 18.0 Å². The molecule has 110 valence electrons. The van der Waals surface area contributed by atoms with Crippen LogP contribution in [0.15, 0.2) is 29.3 Å². The summed E-state index contributed by atoms with van der Waals surface area (Å²) in [4.78, 5) is 4.67. The van der Waals surface area contributed by atoms with Gasteiger partial charge in [-0.2, -0.15) is 0 Å². The van der Waals surface area contributed by atoms with E-state index in [1.54, 1.807) is 12.1 Å². The van der Waals surface area contributed by atoms with Gasteiger partial charge in [0.2, 0.25) is 0 Å². The fourth-order valence-corrected chi connectivity index (χ4v) is 2.33. The van der Waals surface area contributed by atoms with Gasteiger partial charge in [0.1, 0.15) is 5.82 Å². The predicted octanol–water partition coefficient (Wildman–Crippen LogP) is 2.82. The Morgan fingerprint density at radius 3 is 2.70 bits per heavy atom. The molecule has 1 saturated carbocycles. The van der Waals surface area contributed by atoms with E-state index in [1.165, 1.54) is 6.07 Å². The maximum atomic E-state index is 13.4. The third kappa shape index (κ3) is 3.71. The van der Waals surface area contributed by atoms with Crippen LogP contribution in [0.3, 0.4) is 0 Å². The number of halogens is 1. The highest BCUT2D eigenvalue weighted by Gasteiger charge is 2.44. The lowest BCUT2D eigenvalue weighted by Gasteiger charge is -2.17. The second kappa shape index (κ2) is 6.25. The lowest BCUT2D eigenvalue weighted by molar-refractivity contribution is 0.615. The molecule has 0 saturated heterocycles. The molecule has 4 heteroatoms. The molecule has 0 aromatic heterocycles. The Labute approximate surface area is 120 Å². The van der Waals surface area contributed by atoms with E-state index in [0.717, 1.165) is 30.9 Å². The Morgan fingerprint density at radius 2 is 2.15 bits per heavy atom. The van der Waals surface area contributed by atoms with Crippen LogP contribution in [0, 0.1) is 5.82 Å². The highest BCUT2D eigenvalue weighted by molar-refractivity contribution is 5.80. The van der Waals surface area contributed by atoms with Crippen molar-refractivity contribution >= 4 is 5.96 Å². The minimum atomic E-state index is -0.162. The first-order chi connectivity index (χ1) is 9.55. The minimum Gasteiger partial charge on any atom is -0.357 e. The van der Waals surface area contributed by atoms with Crippen molar-refractivity contribution in [2.24, 2.45) is 4.99 Å². The fourth-order valence-electron chi connectivity index (χ4n) is 2.33. The number of hydrogen-bond acceptors (Lipinski definition) is 1. The van der Waals surface area contributed by atoms with Gasteiger partial charge in [-0.25, -0.2) is 4.39 Å². The number of nitrogens with zero attached hydrogens (tertiary/aromatic N) is 1. The number of hydrogen-bond donors (Lipinski definition) is 2. The molecule has 0 atom stereocenters. The van der Waals surface area contributed by atoms with Crippen LogP contribution in [-0.2, 0) is 5.41 Å². The van der Waals surface area contributed by atoms with Crippen LogP contribution in [0.5, 0.6) is 0 Å². The van der Waals surface area contributed by atoms with Gasteiger partial charge in [-0.05, 0) is 51.3 Å². The van der Waals surface area contributed by atoms with Gasteiger partial charge in [-0.1, -0.05) is 12.1 Å². The zero-order valence-corrected chi connectivity index (χ0v) is 12.5. The van der Waals surface area contributed by atoms with Crippen LogP contribution >= 0.6 is 0 Å². The van der Waals surface area contributed by atoms with Gasteiger partial charge in [0.25, 0.3) is 0 Å². The summed E-state index contributed by atoms with van der Waals surface area (Å²) >= 11 is 0. The van der Waals surface area contributed by atoms with E-state index in [2.05, 4.69) is 36.4 Å². The predicted molar refractivity (Wildman–Crippen MR) is 81.6 cm³/mol. The monoisotopic (exact) mass is 277 g/mol. The normalized spacial score (nSPS) is 17.1. The van der Waals surface area contributed by atoms with Gasteiger partial charge in [-0.3, -0.25) is 4.99 Å². The molecule has 0 amide bonds. The Morgan fingerprint density at radius 1 is 1.40 bits per heavy atom. The van der Waals surface area contributed by atoms with E-state index in [1.807, 2.05) is 6.07 Å². The molecular weight excluding hydrogens is 253 g/mol. The molecule has 3 nitrogen and oxygen atoms in total. The molecule has 0 bridgehead atoms. The van der Waals surface area contributed by atoms with Crippen LogP contribution < -0.4 is 10.6 Å². The molecule has 1 fully saturated rings. The molecule has 2 rings (SSSR count). The maximum Gasteiger partial charge on any atom is 0.191 e. The second-order valence-electron chi connectivity index (χ2n) is 5.78. The van der Waals surface area contributed by atoms with Crippen molar-refractivity contribution < 1.29 is 4.39 Å². The summed E-state index contributed by atoms with van der Waals surface area (Å²) in [5, 5.41) is 6.55. The summed E-state index contributed by atoms with van der Waals surface area (Å²) in [6.07, 6.45) is 2.17. The smallest absolute Gasteiger partial charge is 0.191 e.